The molecule has 0 saturated heterocycles. The predicted molar refractivity (Wildman–Crippen MR) is 198 cm³/mol. The van der Waals surface area contributed by atoms with Crippen molar-refractivity contribution in [2.45, 2.75) is 134 Å². The molecule has 308 valence electrons. The van der Waals surface area contributed by atoms with Crippen LogP contribution in [0.2, 0.25) is 0 Å². The normalized spacial score (nSPS) is 11.5. The molecule has 0 aromatic carbocycles. The minimum atomic E-state index is -1.18. The van der Waals surface area contributed by atoms with Gasteiger partial charge in [0.2, 0.25) is 23.6 Å². The van der Waals surface area contributed by atoms with E-state index < -0.39 is 23.9 Å². The number of carboxylic acids is 2. The van der Waals surface area contributed by atoms with E-state index in [4.69, 9.17) is 29.8 Å². The maximum Gasteiger partial charge on any atom is 0.326 e. The molecule has 53 heavy (non-hydrogen) atoms. The molecular weight excluding hydrogens is 692 g/mol. The van der Waals surface area contributed by atoms with Gasteiger partial charge in [-0.15, -0.1) is 0 Å². The summed E-state index contributed by atoms with van der Waals surface area (Å²) in [5.41, 5.74) is 4.94. The second-order valence-corrected chi connectivity index (χ2v) is 13.0. The van der Waals surface area contributed by atoms with Gasteiger partial charge in [0.05, 0.1) is 39.6 Å². The SMILES string of the molecule is NC(=O)COCCOCCNC(=O)COCCOCCNC(=O)CC[C@H](NC(=O)CCCCCCCCCCCCCCCCCCC(=O)O)C(=O)O. The number of amides is 4. The number of hydrogen-bond donors (Lipinski definition) is 6. The van der Waals surface area contributed by atoms with Gasteiger partial charge in [-0.3, -0.25) is 24.0 Å². The Balaban J connectivity index is 3.64. The third-order valence-corrected chi connectivity index (χ3v) is 8.20. The fourth-order valence-electron chi connectivity index (χ4n) is 5.28. The van der Waals surface area contributed by atoms with Gasteiger partial charge in [0.25, 0.3) is 0 Å². The molecule has 4 amide bonds. The molecule has 0 aliphatic rings. The Labute approximate surface area is 315 Å². The van der Waals surface area contributed by atoms with Crippen molar-refractivity contribution in [3.63, 3.8) is 0 Å². The largest absolute Gasteiger partial charge is 0.481 e. The summed E-state index contributed by atoms with van der Waals surface area (Å²) in [5.74, 6) is -3.41. The number of carbonyl (C=O) groups excluding carboxylic acids is 4. The van der Waals surface area contributed by atoms with Crippen LogP contribution in [0.15, 0.2) is 0 Å². The minimum Gasteiger partial charge on any atom is -0.481 e. The third kappa shape index (κ3) is 38.2. The highest BCUT2D eigenvalue weighted by Crippen LogP contribution is 2.14. The lowest BCUT2D eigenvalue weighted by Crippen LogP contribution is -2.41. The summed E-state index contributed by atoms with van der Waals surface area (Å²) in [6.07, 6.45) is 18.4. The molecule has 16 heteroatoms. The van der Waals surface area contributed by atoms with Crippen LogP contribution >= 0.6 is 0 Å². The van der Waals surface area contributed by atoms with E-state index in [1.165, 1.54) is 57.8 Å². The summed E-state index contributed by atoms with van der Waals surface area (Å²) < 4.78 is 20.8. The molecule has 0 bridgehead atoms. The van der Waals surface area contributed by atoms with Crippen LogP contribution in [0.25, 0.3) is 0 Å². The molecular formula is C37H68N4O12. The first-order valence-electron chi connectivity index (χ1n) is 19.5. The lowest BCUT2D eigenvalue weighted by atomic mass is 10.0. The van der Waals surface area contributed by atoms with E-state index in [0.717, 1.165) is 38.5 Å². The molecule has 7 N–H and O–H groups in total. The van der Waals surface area contributed by atoms with Crippen LogP contribution in [-0.4, -0.2) is 118 Å². The number of nitrogens with two attached hydrogens (primary N) is 1. The van der Waals surface area contributed by atoms with Crippen LogP contribution in [0, 0.1) is 0 Å². The highest BCUT2D eigenvalue weighted by atomic mass is 16.5. The van der Waals surface area contributed by atoms with E-state index in [1.807, 2.05) is 0 Å². The van der Waals surface area contributed by atoms with Crippen LogP contribution in [0.4, 0.5) is 0 Å². The summed E-state index contributed by atoms with van der Waals surface area (Å²) in [6.45, 7) is 1.58. The van der Waals surface area contributed by atoms with E-state index in [-0.39, 0.29) is 103 Å². The van der Waals surface area contributed by atoms with Crippen LogP contribution in [0.1, 0.15) is 128 Å². The Kier molecular flexibility index (Phi) is 34.7. The fourth-order valence-corrected chi connectivity index (χ4v) is 5.28. The lowest BCUT2D eigenvalue weighted by Gasteiger charge is -2.14. The number of carboxylic acid groups (broad SMARTS) is 2. The quantitative estimate of drug-likeness (QED) is 0.0494. The first-order valence-corrected chi connectivity index (χ1v) is 19.5. The first-order chi connectivity index (χ1) is 25.6. The highest BCUT2D eigenvalue weighted by molar-refractivity contribution is 5.84. The van der Waals surface area contributed by atoms with E-state index in [9.17, 15) is 33.9 Å². The van der Waals surface area contributed by atoms with E-state index in [1.54, 1.807) is 0 Å². The molecule has 0 aromatic heterocycles. The van der Waals surface area contributed by atoms with Crippen molar-refractivity contribution < 1.29 is 57.9 Å². The van der Waals surface area contributed by atoms with Gasteiger partial charge in [-0.05, 0) is 19.3 Å². The van der Waals surface area contributed by atoms with Gasteiger partial charge in [-0.25, -0.2) is 4.79 Å². The molecule has 1 atom stereocenters. The van der Waals surface area contributed by atoms with Gasteiger partial charge in [-0.1, -0.05) is 89.9 Å². The van der Waals surface area contributed by atoms with Gasteiger partial charge in [-0.2, -0.15) is 0 Å². The molecule has 0 spiro atoms. The van der Waals surface area contributed by atoms with Crippen molar-refractivity contribution in [2.75, 3.05) is 65.9 Å². The van der Waals surface area contributed by atoms with Crippen LogP contribution in [0.3, 0.4) is 0 Å². The number of carbonyl (C=O) groups is 6. The van der Waals surface area contributed by atoms with E-state index in [0.29, 0.717) is 13.0 Å². The molecule has 0 aromatic rings. The van der Waals surface area contributed by atoms with Crippen molar-refractivity contribution in [1.82, 2.24) is 16.0 Å². The lowest BCUT2D eigenvalue weighted by molar-refractivity contribution is -0.142. The van der Waals surface area contributed by atoms with Gasteiger partial charge >= 0.3 is 11.9 Å². The van der Waals surface area contributed by atoms with Crippen LogP contribution < -0.4 is 21.7 Å². The number of nitrogens with one attached hydrogen (secondary N) is 3. The van der Waals surface area contributed by atoms with Crippen molar-refractivity contribution in [2.24, 2.45) is 5.73 Å². The third-order valence-electron chi connectivity index (χ3n) is 8.20. The molecule has 0 saturated carbocycles. The van der Waals surface area contributed by atoms with Crippen molar-refractivity contribution >= 4 is 35.6 Å². The van der Waals surface area contributed by atoms with Gasteiger partial charge in [0, 0.05) is 32.4 Å². The number of aliphatic carboxylic acids is 2. The molecule has 0 radical (unpaired) electrons. The highest BCUT2D eigenvalue weighted by Gasteiger charge is 2.20. The summed E-state index contributed by atoms with van der Waals surface area (Å²) in [7, 11) is 0. The summed E-state index contributed by atoms with van der Waals surface area (Å²) in [6, 6.07) is -1.13. The predicted octanol–water partition coefficient (Wildman–Crippen LogP) is 3.23. The smallest absolute Gasteiger partial charge is 0.326 e. The average molecular weight is 761 g/mol. The zero-order valence-electron chi connectivity index (χ0n) is 31.8. The average Bonchev–Trinajstić information content (AvgIpc) is 3.11. The Bertz CT molecular complexity index is 985. The topological polar surface area (TPSA) is 242 Å². The summed E-state index contributed by atoms with van der Waals surface area (Å²) in [4.78, 5) is 68.8. The fraction of sp³-hybridized carbons (Fsp3) is 0.838. The number of hydrogen-bond acceptors (Lipinski definition) is 10. The maximum atomic E-state index is 12.3. The molecule has 0 aliphatic carbocycles. The van der Waals surface area contributed by atoms with Gasteiger partial charge in [0.15, 0.2) is 0 Å². The number of ether oxygens (including phenoxy) is 4. The van der Waals surface area contributed by atoms with Crippen LogP contribution in [-0.2, 0) is 47.7 Å². The summed E-state index contributed by atoms with van der Waals surface area (Å²) >= 11 is 0. The Hall–Kier alpha value is -3.34. The van der Waals surface area contributed by atoms with Crippen molar-refractivity contribution in [1.29, 1.82) is 0 Å². The Morgan fingerprint density at radius 3 is 1.34 bits per heavy atom. The zero-order valence-corrected chi connectivity index (χ0v) is 31.8. The molecule has 0 unspecified atom stereocenters. The number of rotatable bonds is 40. The Morgan fingerprint density at radius 1 is 0.472 bits per heavy atom. The first kappa shape index (κ1) is 49.7. The standard InChI is InChI=1S/C37H68N4O12/c38-32(42)29-52-27-25-51-24-22-40-35(45)30-53-28-26-50-23-21-39-33(43)20-19-31(37(48)49)41-34(44)17-15-13-11-9-7-5-3-1-2-4-6-8-10-12-14-16-18-36(46)47/h31H,1-30H2,(H2,38,42)(H,39,43)(H,40,45)(H,41,44)(H,46,47)(H,48,49)/t31-/m0/s1. The van der Waals surface area contributed by atoms with E-state index in [2.05, 4.69) is 16.0 Å². The monoisotopic (exact) mass is 760 g/mol. The molecule has 16 nitrogen and oxygen atoms in total. The minimum absolute atomic E-state index is 0.0165. The van der Waals surface area contributed by atoms with Gasteiger partial charge < -0.3 is 50.8 Å². The number of primary amides is 1. The summed E-state index contributed by atoms with van der Waals surface area (Å²) in [5, 5.41) is 25.9. The Morgan fingerprint density at radius 2 is 0.887 bits per heavy atom. The number of unbranched alkanes of at least 4 members (excludes halogenated alkanes) is 15. The second-order valence-electron chi connectivity index (χ2n) is 13.0. The van der Waals surface area contributed by atoms with Gasteiger partial charge in [0.1, 0.15) is 19.3 Å². The zero-order chi connectivity index (χ0) is 39.2. The van der Waals surface area contributed by atoms with Crippen molar-refractivity contribution in [3.05, 3.63) is 0 Å². The molecule has 0 rings (SSSR count). The molecule has 0 aliphatic heterocycles. The molecule has 0 fully saturated rings. The van der Waals surface area contributed by atoms with Crippen LogP contribution in [0.5, 0.6) is 0 Å². The second kappa shape index (κ2) is 37.0. The van der Waals surface area contributed by atoms with Crippen molar-refractivity contribution in [3.8, 4) is 0 Å². The van der Waals surface area contributed by atoms with E-state index >= 15 is 0 Å². The maximum absolute atomic E-state index is 12.3. The molecule has 0 heterocycles.